The highest BCUT2D eigenvalue weighted by Crippen LogP contribution is 2.28. The maximum absolute atomic E-state index is 12.6. The SMILES string of the molecule is O=C(O)c1ccccc1C(=O)NCC1=Nc2ccccc2Cc2ccccc21. The van der Waals surface area contributed by atoms with Crippen molar-refractivity contribution in [2.45, 2.75) is 6.42 Å². The molecule has 0 spiro atoms. The molecule has 1 aliphatic rings. The van der Waals surface area contributed by atoms with Gasteiger partial charge in [0, 0.05) is 12.0 Å². The van der Waals surface area contributed by atoms with Crippen LogP contribution < -0.4 is 5.32 Å². The molecule has 1 amide bonds. The van der Waals surface area contributed by atoms with E-state index in [0.717, 1.165) is 34.5 Å². The zero-order valence-corrected chi connectivity index (χ0v) is 15.1. The van der Waals surface area contributed by atoms with Gasteiger partial charge in [0.1, 0.15) is 0 Å². The van der Waals surface area contributed by atoms with Gasteiger partial charge in [-0.1, -0.05) is 54.6 Å². The Labute approximate surface area is 162 Å². The van der Waals surface area contributed by atoms with Gasteiger partial charge in [-0.05, 0) is 29.3 Å². The topological polar surface area (TPSA) is 78.8 Å². The highest BCUT2D eigenvalue weighted by molar-refractivity contribution is 6.09. The molecule has 0 saturated carbocycles. The van der Waals surface area contributed by atoms with E-state index < -0.39 is 11.9 Å². The third-order valence-corrected chi connectivity index (χ3v) is 4.77. The van der Waals surface area contributed by atoms with Crippen molar-refractivity contribution in [1.82, 2.24) is 5.32 Å². The van der Waals surface area contributed by atoms with E-state index >= 15 is 0 Å². The summed E-state index contributed by atoms with van der Waals surface area (Å²) < 4.78 is 0. The second-order valence-corrected chi connectivity index (χ2v) is 6.55. The molecule has 5 nitrogen and oxygen atoms in total. The summed E-state index contributed by atoms with van der Waals surface area (Å²) in [6.45, 7) is 0.206. The normalized spacial score (nSPS) is 12.2. The molecule has 1 aliphatic heterocycles. The Hall–Kier alpha value is -3.73. The van der Waals surface area contributed by atoms with Gasteiger partial charge in [-0.15, -0.1) is 0 Å². The standard InChI is InChI=1S/C23H18N2O3/c26-22(18-10-4-5-11-19(18)23(27)28)24-14-21-17-9-3-1-7-15(17)13-16-8-2-6-12-20(16)25-21/h1-12H,13-14H2,(H,24,26)(H,27,28). The molecule has 0 fully saturated rings. The molecule has 0 aliphatic carbocycles. The lowest BCUT2D eigenvalue weighted by Gasteiger charge is -2.11. The van der Waals surface area contributed by atoms with Crippen molar-refractivity contribution in [2.24, 2.45) is 4.99 Å². The molecule has 5 heteroatoms. The van der Waals surface area contributed by atoms with Crippen molar-refractivity contribution in [3.63, 3.8) is 0 Å². The number of carbonyl (C=O) groups is 2. The van der Waals surface area contributed by atoms with Crippen molar-refractivity contribution in [3.8, 4) is 0 Å². The van der Waals surface area contributed by atoms with Gasteiger partial charge in [0.15, 0.2) is 0 Å². The summed E-state index contributed by atoms with van der Waals surface area (Å²) in [5.41, 5.74) is 5.02. The Morgan fingerprint density at radius 1 is 0.857 bits per heavy atom. The summed E-state index contributed by atoms with van der Waals surface area (Å²) in [7, 11) is 0. The molecule has 2 N–H and O–H groups in total. The van der Waals surface area contributed by atoms with E-state index in [4.69, 9.17) is 4.99 Å². The minimum absolute atomic E-state index is 0.0199. The average molecular weight is 370 g/mol. The van der Waals surface area contributed by atoms with E-state index in [1.807, 2.05) is 36.4 Å². The number of amides is 1. The fraction of sp³-hybridized carbons (Fsp3) is 0.0870. The summed E-state index contributed by atoms with van der Waals surface area (Å²) >= 11 is 0. The number of carboxylic acid groups (broad SMARTS) is 1. The van der Waals surface area contributed by atoms with Crippen molar-refractivity contribution < 1.29 is 14.7 Å². The highest BCUT2D eigenvalue weighted by Gasteiger charge is 2.19. The van der Waals surface area contributed by atoms with Crippen molar-refractivity contribution >= 4 is 23.3 Å². The molecule has 0 atom stereocenters. The summed E-state index contributed by atoms with van der Waals surface area (Å²) in [4.78, 5) is 28.8. The van der Waals surface area contributed by atoms with Crippen molar-refractivity contribution in [3.05, 3.63) is 101 Å². The first-order valence-corrected chi connectivity index (χ1v) is 8.98. The number of nitrogens with one attached hydrogen (secondary N) is 1. The zero-order chi connectivity index (χ0) is 19.5. The summed E-state index contributed by atoms with van der Waals surface area (Å²) in [6.07, 6.45) is 0.773. The van der Waals surface area contributed by atoms with Crippen LogP contribution in [0.5, 0.6) is 0 Å². The molecule has 0 radical (unpaired) electrons. The second-order valence-electron chi connectivity index (χ2n) is 6.55. The lowest BCUT2D eigenvalue weighted by Crippen LogP contribution is -2.31. The summed E-state index contributed by atoms with van der Waals surface area (Å²) in [6, 6.07) is 22.1. The van der Waals surface area contributed by atoms with Crippen LogP contribution in [-0.4, -0.2) is 29.2 Å². The minimum atomic E-state index is -1.13. The Morgan fingerprint density at radius 3 is 2.29 bits per heavy atom. The number of carbonyl (C=O) groups excluding carboxylic acids is 1. The van der Waals surface area contributed by atoms with Gasteiger partial charge in [-0.2, -0.15) is 0 Å². The van der Waals surface area contributed by atoms with Gasteiger partial charge in [0.2, 0.25) is 0 Å². The van der Waals surface area contributed by atoms with Gasteiger partial charge >= 0.3 is 5.97 Å². The quantitative estimate of drug-likeness (QED) is 0.732. The summed E-state index contributed by atoms with van der Waals surface area (Å²) in [5.74, 6) is -1.56. The van der Waals surface area contributed by atoms with Gasteiger partial charge in [-0.25, -0.2) is 4.79 Å². The molecule has 0 saturated heterocycles. The first-order chi connectivity index (χ1) is 13.6. The van der Waals surface area contributed by atoms with Gasteiger partial charge < -0.3 is 10.4 Å². The van der Waals surface area contributed by atoms with E-state index in [0.29, 0.717) is 0 Å². The first kappa shape index (κ1) is 17.7. The van der Waals surface area contributed by atoms with Crippen LogP contribution in [0, 0.1) is 0 Å². The number of nitrogens with zero attached hydrogens (tertiary/aromatic N) is 1. The van der Waals surface area contributed by atoms with E-state index in [1.54, 1.807) is 12.1 Å². The number of para-hydroxylation sites is 1. The predicted molar refractivity (Wildman–Crippen MR) is 108 cm³/mol. The Balaban J connectivity index is 1.65. The number of hydrogen-bond donors (Lipinski definition) is 2. The third-order valence-electron chi connectivity index (χ3n) is 4.77. The van der Waals surface area contributed by atoms with E-state index in [1.165, 1.54) is 12.1 Å². The van der Waals surface area contributed by atoms with Crippen LogP contribution in [0.3, 0.4) is 0 Å². The predicted octanol–water partition coefficient (Wildman–Crippen LogP) is 3.84. The third kappa shape index (κ3) is 3.42. The maximum atomic E-state index is 12.6. The number of hydrogen-bond acceptors (Lipinski definition) is 3. The zero-order valence-electron chi connectivity index (χ0n) is 15.1. The second kappa shape index (κ2) is 7.48. The molecule has 3 aromatic carbocycles. The van der Waals surface area contributed by atoms with E-state index in [2.05, 4.69) is 17.4 Å². The Kier molecular flexibility index (Phi) is 4.72. The lowest BCUT2D eigenvalue weighted by atomic mass is 9.98. The number of aliphatic imine (C=N–C) groups is 1. The molecule has 138 valence electrons. The summed E-state index contributed by atoms with van der Waals surface area (Å²) in [5, 5.41) is 12.1. The minimum Gasteiger partial charge on any atom is -0.478 e. The maximum Gasteiger partial charge on any atom is 0.336 e. The molecule has 4 rings (SSSR count). The molecular weight excluding hydrogens is 352 g/mol. The van der Waals surface area contributed by atoms with Crippen LogP contribution in [0.1, 0.15) is 37.4 Å². The van der Waals surface area contributed by atoms with Crippen molar-refractivity contribution in [1.29, 1.82) is 0 Å². The van der Waals surface area contributed by atoms with Crippen LogP contribution in [0.25, 0.3) is 0 Å². The number of fused-ring (bicyclic) bond motifs is 2. The molecule has 3 aromatic rings. The van der Waals surface area contributed by atoms with Crippen LogP contribution >= 0.6 is 0 Å². The fourth-order valence-corrected chi connectivity index (χ4v) is 3.40. The number of rotatable bonds is 4. The van der Waals surface area contributed by atoms with Crippen LogP contribution in [0.4, 0.5) is 5.69 Å². The van der Waals surface area contributed by atoms with E-state index in [9.17, 15) is 14.7 Å². The molecule has 0 unspecified atom stereocenters. The first-order valence-electron chi connectivity index (χ1n) is 8.98. The smallest absolute Gasteiger partial charge is 0.336 e. The van der Waals surface area contributed by atoms with Gasteiger partial charge in [0.05, 0.1) is 29.1 Å². The lowest BCUT2D eigenvalue weighted by molar-refractivity contribution is 0.0691. The molecule has 1 heterocycles. The molecule has 0 bridgehead atoms. The average Bonchev–Trinajstić information content (AvgIpc) is 2.88. The van der Waals surface area contributed by atoms with Gasteiger partial charge in [0.25, 0.3) is 5.91 Å². The van der Waals surface area contributed by atoms with Gasteiger partial charge in [-0.3, -0.25) is 9.79 Å². The Morgan fingerprint density at radius 2 is 1.50 bits per heavy atom. The Bertz CT molecular complexity index is 1100. The fourth-order valence-electron chi connectivity index (χ4n) is 3.40. The molecule has 28 heavy (non-hydrogen) atoms. The van der Waals surface area contributed by atoms with Crippen LogP contribution in [0.2, 0.25) is 0 Å². The van der Waals surface area contributed by atoms with E-state index in [-0.39, 0.29) is 17.7 Å². The van der Waals surface area contributed by atoms with Crippen molar-refractivity contribution in [2.75, 3.05) is 6.54 Å². The highest BCUT2D eigenvalue weighted by atomic mass is 16.4. The molecular formula is C23H18N2O3. The number of aromatic carboxylic acids is 1. The largest absolute Gasteiger partial charge is 0.478 e. The number of benzene rings is 3. The van der Waals surface area contributed by atoms with Crippen LogP contribution in [0.15, 0.2) is 77.8 Å². The molecule has 0 aromatic heterocycles. The number of carboxylic acids is 1. The van der Waals surface area contributed by atoms with Crippen LogP contribution in [-0.2, 0) is 6.42 Å². The monoisotopic (exact) mass is 370 g/mol.